The van der Waals surface area contributed by atoms with E-state index in [9.17, 15) is 0 Å². The van der Waals surface area contributed by atoms with E-state index in [1.54, 1.807) is 0 Å². The van der Waals surface area contributed by atoms with Gasteiger partial charge in [0.05, 0.1) is 16.1 Å². The van der Waals surface area contributed by atoms with Gasteiger partial charge in [0.1, 0.15) is 0 Å². The van der Waals surface area contributed by atoms with Crippen molar-refractivity contribution in [3.05, 3.63) is 63.6 Å². The summed E-state index contributed by atoms with van der Waals surface area (Å²) in [5.74, 6) is 1.10. The highest BCUT2D eigenvalue weighted by atomic mass is 35.5. The Morgan fingerprint density at radius 3 is 2.64 bits per heavy atom. The van der Waals surface area contributed by atoms with Gasteiger partial charge in [-0.3, -0.25) is 5.32 Å². The van der Waals surface area contributed by atoms with E-state index in [-0.39, 0.29) is 11.6 Å². The van der Waals surface area contributed by atoms with Crippen LogP contribution in [0.4, 0.5) is 0 Å². The molecule has 0 saturated carbocycles. The van der Waals surface area contributed by atoms with Gasteiger partial charge < -0.3 is 0 Å². The Morgan fingerprint density at radius 2 is 1.92 bits per heavy atom. The molecule has 1 nitrogen and oxygen atoms in total. The number of fused-ring (bicyclic) bond motifs is 1. The third-order valence-corrected chi connectivity index (χ3v) is 7.27. The van der Waals surface area contributed by atoms with Crippen molar-refractivity contribution in [1.82, 2.24) is 5.32 Å². The first-order valence-electron chi connectivity index (χ1n) is 9.03. The van der Waals surface area contributed by atoms with Crippen molar-refractivity contribution in [1.29, 1.82) is 0 Å². The molecule has 1 aliphatic rings. The van der Waals surface area contributed by atoms with Crippen LogP contribution in [-0.4, -0.2) is 11.3 Å². The first-order valence-corrected chi connectivity index (χ1v) is 10.8. The molecule has 0 radical (unpaired) electrons. The minimum Gasteiger partial charge on any atom is -0.300 e. The quantitative estimate of drug-likeness (QED) is 0.580. The Balaban J connectivity index is 2.05. The predicted octanol–water partition coefficient (Wildman–Crippen LogP) is 7.12. The summed E-state index contributed by atoms with van der Waals surface area (Å²) in [5, 5.41) is 5.23. The third kappa shape index (κ3) is 4.19. The number of hydrogen-bond donors (Lipinski definition) is 1. The Bertz CT molecular complexity index is 734. The molecule has 2 aromatic carbocycles. The summed E-state index contributed by atoms with van der Waals surface area (Å²) in [7, 11) is 0. The minimum absolute atomic E-state index is 0.135. The standard InChI is InChI=1S/C21H25Cl2NS/c1-3-5-12-21(4-2)14-25-19-9-7-6-8-16(19)20(24-21)15-10-11-17(22)18(23)13-15/h6-11,13,20,24H,3-5,12,14H2,1-2H3/t20-,21-/m0/s1. The predicted molar refractivity (Wildman–Crippen MR) is 111 cm³/mol. The number of thioether (sulfide) groups is 1. The highest BCUT2D eigenvalue weighted by Gasteiger charge is 2.35. The van der Waals surface area contributed by atoms with Gasteiger partial charge in [0.25, 0.3) is 0 Å². The van der Waals surface area contributed by atoms with Crippen molar-refractivity contribution < 1.29 is 0 Å². The number of halogens is 2. The SMILES string of the molecule is CCCC[C@@]1(CC)CSc2ccccc2[C@H](c2ccc(Cl)c(Cl)c2)N1. The van der Waals surface area contributed by atoms with Crippen molar-refractivity contribution in [2.45, 2.75) is 56.0 Å². The van der Waals surface area contributed by atoms with Crippen molar-refractivity contribution >= 4 is 35.0 Å². The van der Waals surface area contributed by atoms with E-state index in [1.165, 1.54) is 35.3 Å². The van der Waals surface area contributed by atoms with Crippen LogP contribution in [0, 0.1) is 0 Å². The first kappa shape index (κ1) is 19.1. The first-order chi connectivity index (χ1) is 12.1. The second-order valence-corrected chi connectivity index (χ2v) is 8.65. The number of nitrogens with one attached hydrogen (secondary N) is 1. The summed E-state index contributed by atoms with van der Waals surface area (Å²) in [5.41, 5.74) is 2.65. The average molecular weight is 394 g/mol. The van der Waals surface area contributed by atoms with Gasteiger partial charge in [0.2, 0.25) is 0 Å². The molecule has 0 saturated heterocycles. The molecule has 0 aromatic heterocycles. The molecule has 1 heterocycles. The Morgan fingerprint density at radius 1 is 1.12 bits per heavy atom. The van der Waals surface area contributed by atoms with Crippen LogP contribution in [0.15, 0.2) is 47.4 Å². The van der Waals surface area contributed by atoms with Gasteiger partial charge >= 0.3 is 0 Å². The van der Waals surface area contributed by atoms with Crippen molar-refractivity contribution in [2.24, 2.45) is 0 Å². The third-order valence-electron chi connectivity index (χ3n) is 5.15. The lowest BCUT2D eigenvalue weighted by atomic mass is 9.88. The van der Waals surface area contributed by atoms with Gasteiger partial charge in [-0.2, -0.15) is 0 Å². The molecule has 1 N–H and O–H groups in total. The second-order valence-electron chi connectivity index (χ2n) is 6.81. The number of unbranched alkanes of at least 4 members (excludes halogenated alkanes) is 1. The summed E-state index contributed by atoms with van der Waals surface area (Å²) in [6.45, 7) is 4.56. The van der Waals surface area contributed by atoms with Crippen LogP contribution in [0.1, 0.15) is 56.7 Å². The second kappa shape index (κ2) is 8.35. The molecule has 4 heteroatoms. The maximum Gasteiger partial charge on any atom is 0.0595 e. The van der Waals surface area contributed by atoms with Crippen LogP contribution >= 0.6 is 35.0 Å². The van der Waals surface area contributed by atoms with Crippen LogP contribution in [0.25, 0.3) is 0 Å². The largest absolute Gasteiger partial charge is 0.300 e. The molecular weight excluding hydrogens is 369 g/mol. The zero-order chi connectivity index (χ0) is 17.9. The van der Waals surface area contributed by atoms with E-state index >= 15 is 0 Å². The molecule has 0 fully saturated rings. The van der Waals surface area contributed by atoms with Crippen molar-refractivity contribution in [3.8, 4) is 0 Å². The summed E-state index contributed by atoms with van der Waals surface area (Å²) >= 11 is 14.4. The molecule has 0 spiro atoms. The smallest absolute Gasteiger partial charge is 0.0595 e. The fraction of sp³-hybridized carbons (Fsp3) is 0.429. The molecule has 1 aliphatic heterocycles. The maximum absolute atomic E-state index is 6.32. The van der Waals surface area contributed by atoms with E-state index in [2.05, 4.69) is 49.5 Å². The monoisotopic (exact) mass is 393 g/mol. The average Bonchev–Trinajstić information content (AvgIpc) is 2.80. The van der Waals surface area contributed by atoms with Gasteiger partial charge in [-0.1, -0.05) is 74.2 Å². The molecule has 0 unspecified atom stereocenters. The molecule has 0 bridgehead atoms. The Labute approximate surface area is 165 Å². The molecule has 134 valence electrons. The Kier molecular flexibility index (Phi) is 6.38. The minimum atomic E-state index is 0.135. The van der Waals surface area contributed by atoms with Crippen molar-refractivity contribution in [3.63, 3.8) is 0 Å². The van der Waals surface area contributed by atoms with Crippen LogP contribution in [0.2, 0.25) is 10.0 Å². The van der Waals surface area contributed by atoms with Gasteiger partial charge in [-0.25, -0.2) is 0 Å². The molecule has 2 aromatic rings. The van der Waals surface area contributed by atoms with E-state index in [4.69, 9.17) is 23.2 Å². The van der Waals surface area contributed by atoms with Crippen LogP contribution in [-0.2, 0) is 0 Å². The molecule has 0 amide bonds. The topological polar surface area (TPSA) is 12.0 Å². The van der Waals surface area contributed by atoms with Crippen LogP contribution < -0.4 is 5.32 Å². The van der Waals surface area contributed by atoms with E-state index < -0.39 is 0 Å². The molecule has 0 aliphatic carbocycles. The van der Waals surface area contributed by atoms with Gasteiger partial charge in [-0.15, -0.1) is 11.8 Å². The number of hydrogen-bond acceptors (Lipinski definition) is 2. The molecule has 25 heavy (non-hydrogen) atoms. The van der Waals surface area contributed by atoms with E-state index in [0.717, 1.165) is 12.2 Å². The summed E-state index contributed by atoms with van der Waals surface area (Å²) in [4.78, 5) is 1.36. The zero-order valence-electron chi connectivity index (χ0n) is 14.8. The number of rotatable bonds is 5. The lowest BCUT2D eigenvalue weighted by Crippen LogP contribution is -2.48. The summed E-state index contributed by atoms with van der Waals surface area (Å²) in [6, 6.07) is 14.9. The van der Waals surface area contributed by atoms with Gasteiger partial charge in [0.15, 0.2) is 0 Å². The van der Waals surface area contributed by atoms with E-state index in [1.807, 2.05) is 23.9 Å². The summed E-state index contributed by atoms with van der Waals surface area (Å²) in [6.07, 6.45) is 4.77. The van der Waals surface area contributed by atoms with E-state index in [0.29, 0.717) is 10.0 Å². The lowest BCUT2D eigenvalue weighted by Gasteiger charge is -2.36. The van der Waals surface area contributed by atoms with Gasteiger partial charge in [-0.05, 0) is 42.2 Å². The fourth-order valence-electron chi connectivity index (χ4n) is 3.49. The lowest BCUT2D eigenvalue weighted by molar-refractivity contribution is 0.298. The molecular formula is C21H25Cl2NS. The summed E-state index contributed by atoms with van der Waals surface area (Å²) < 4.78 is 0. The molecule has 3 rings (SSSR count). The highest BCUT2D eigenvalue weighted by Crippen LogP contribution is 2.41. The van der Waals surface area contributed by atoms with Crippen molar-refractivity contribution in [2.75, 3.05) is 5.75 Å². The van der Waals surface area contributed by atoms with Crippen LogP contribution in [0.3, 0.4) is 0 Å². The highest BCUT2D eigenvalue weighted by molar-refractivity contribution is 7.99. The van der Waals surface area contributed by atoms with Crippen LogP contribution in [0.5, 0.6) is 0 Å². The number of benzene rings is 2. The maximum atomic E-state index is 6.32. The normalized spacial score (nSPS) is 23.1. The molecule has 2 atom stereocenters. The fourth-order valence-corrected chi connectivity index (χ4v) is 5.18. The Hall–Kier alpha value is -0.670. The zero-order valence-corrected chi connectivity index (χ0v) is 17.1. The van der Waals surface area contributed by atoms with Gasteiger partial charge in [0, 0.05) is 16.2 Å².